The smallest absolute Gasteiger partial charge is 0.317 e. The largest absolute Gasteiger partial charge is 0.480 e. The summed E-state index contributed by atoms with van der Waals surface area (Å²) >= 11 is 0. The number of carbonyl (C=O) groups is 2. The monoisotopic (exact) mass is 318 g/mol. The molecule has 2 aliphatic rings. The van der Waals surface area contributed by atoms with Crippen LogP contribution in [0.25, 0.3) is 0 Å². The minimum atomic E-state index is -3.10. The highest BCUT2D eigenvalue weighted by Gasteiger charge is 2.36. The maximum Gasteiger partial charge on any atom is 0.317 e. The lowest BCUT2D eigenvalue weighted by Crippen LogP contribution is -2.47. The second kappa shape index (κ2) is 6.31. The van der Waals surface area contributed by atoms with Crippen molar-refractivity contribution >= 4 is 21.7 Å². The highest BCUT2D eigenvalue weighted by molar-refractivity contribution is 7.91. The first-order chi connectivity index (χ1) is 9.82. The lowest BCUT2D eigenvalue weighted by Gasteiger charge is -2.29. The molecule has 1 N–H and O–H groups in total. The number of nitrogens with zero attached hydrogens (tertiary/aromatic N) is 2. The SMILES string of the molecule is CCN(C(=O)CN(CC(=O)O)C1CCS(=O)(=O)C1)C1CC1. The van der Waals surface area contributed by atoms with Crippen molar-refractivity contribution in [1.82, 2.24) is 9.80 Å². The van der Waals surface area contributed by atoms with Gasteiger partial charge >= 0.3 is 5.97 Å². The van der Waals surface area contributed by atoms with Crippen molar-refractivity contribution in [3.05, 3.63) is 0 Å². The van der Waals surface area contributed by atoms with E-state index < -0.39 is 15.8 Å². The Morgan fingerprint density at radius 2 is 1.81 bits per heavy atom. The predicted octanol–water partition coefficient (Wildman–Crippen LogP) is -0.429. The van der Waals surface area contributed by atoms with Crippen LogP contribution < -0.4 is 0 Å². The highest BCUT2D eigenvalue weighted by atomic mass is 32.2. The zero-order chi connectivity index (χ0) is 15.6. The third kappa shape index (κ3) is 4.41. The van der Waals surface area contributed by atoms with Gasteiger partial charge in [0.1, 0.15) is 0 Å². The number of carbonyl (C=O) groups excluding carboxylic acids is 1. The summed E-state index contributed by atoms with van der Waals surface area (Å²) in [5.74, 6) is -1.13. The summed E-state index contributed by atoms with van der Waals surface area (Å²) in [4.78, 5) is 26.5. The van der Waals surface area contributed by atoms with Crippen LogP contribution in [-0.2, 0) is 19.4 Å². The van der Waals surface area contributed by atoms with Gasteiger partial charge in [0.05, 0.1) is 24.6 Å². The lowest BCUT2D eigenvalue weighted by molar-refractivity contribution is -0.140. The molecule has 2 fully saturated rings. The van der Waals surface area contributed by atoms with Crippen LogP contribution >= 0.6 is 0 Å². The standard InChI is InChI=1S/C13H22N2O5S/c1-2-15(10-3-4-10)12(16)7-14(8-13(17)18)11-5-6-21(19,20)9-11/h10-11H,2-9H2,1H3,(H,17,18). The minimum Gasteiger partial charge on any atom is -0.480 e. The van der Waals surface area contributed by atoms with Crippen LogP contribution in [0.4, 0.5) is 0 Å². The Hall–Kier alpha value is -1.15. The first-order valence-electron chi connectivity index (χ1n) is 7.28. The molecule has 0 aromatic rings. The Kier molecular flexibility index (Phi) is 4.88. The first-order valence-corrected chi connectivity index (χ1v) is 9.10. The predicted molar refractivity (Wildman–Crippen MR) is 76.7 cm³/mol. The summed E-state index contributed by atoms with van der Waals surface area (Å²) in [5.41, 5.74) is 0. The molecule has 0 aromatic carbocycles. The van der Waals surface area contributed by atoms with E-state index in [4.69, 9.17) is 5.11 Å². The van der Waals surface area contributed by atoms with Crippen LogP contribution in [0, 0.1) is 0 Å². The molecule has 0 spiro atoms. The van der Waals surface area contributed by atoms with E-state index >= 15 is 0 Å². The van der Waals surface area contributed by atoms with E-state index in [1.165, 1.54) is 4.90 Å². The van der Waals surface area contributed by atoms with Crippen molar-refractivity contribution in [2.75, 3.05) is 31.1 Å². The fraction of sp³-hybridized carbons (Fsp3) is 0.846. The quantitative estimate of drug-likeness (QED) is 0.684. The van der Waals surface area contributed by atoms with Crippen LogP contribution in [0.15, 0.2) is 0 Å². The van der Waals surface area contributed by atoms with Gasteiger partial charge < -0.3 is 10.0 Å². The van der Waals surface area contributed by atoms with Gasteiger partial charge in [-0.25, -0.2) is 8.42 Å². The summed E-state index contributed by atoms with van der Waals surface area (Å²) in [6.45, 7) is 2.19. The molecule has 1 heterocycles. The number of hydrogen-bond acceptors (Lipinski definition) is 5. The Morgan fingerprint density at radius 1 is 1.14 bits per heavy atom. The van der Waals surface area contributed by atoms with E-state index in [9.17, 15) is 18.0 Å². The molecule has 1 atom stereocenters. The van der Waals surface area contributed by atoms with Gasteiger partial charge in [-0.3, -0.25) is 14.5 Å². The van der Waals surface area contributed by atoms with Crippen molar-refractivity contribution in [2.45, 2.75) is 38.3 Å². The molecule has 120 valence electrons. The molecule has 7 nitrogen and oxygen atoms in total. The topological polar surface area (TPSA) is 95.0 Å². The zero-order valence-electron chi connectivity index (χ0n) is 12.2. The molecule has 1 aliphatic heterocycles. The Balaban J connectivity index is 2.02. The van der Waals surface area contributed by atoms with Crippen molar-refractivity contribution in [3.8, 4) is 0 Å². The van der Waals surface area contributed by atoms with Gasteiger partial charge in [-0.1, -0.05) is 0 Å². The maximum absolute atomic E-state index is 12.3. The number of likely N-dealkylation sites (N-methyl/N-ethyl adjacent to an activating group) is 1. The van der Waals surface area contributed by atoms with Gasteiger partial charge in [-0.15, -0.1) is 0 Å². The molecule has 8 heteroatoms. The third-order valence-corrected chi connectivity index (χ3v) is 5.80. The molecule has 1 saturated heterocycles. The fourth-order valence-electron chi connectivity index (χ4n) is 2.84. The van der Waals surface area contributed by atoms with Crippen LogP contribution in [0.3, 0.4) is 0 Å². The number of hydrogen-bond donors (Lipinski definition) is 1. The van der Waals surface area contributed by atoms with Gasteiger partial charge in [0, 0.05) is 18.6 Å². The number of carboxylic acid groups (broad SMARTS) is 1. The number of carboxylic acids is 1. The van der Waals surface area contributed by atoms with E-state index in [-0.39, 0.29) is 42.6 Å². The summed E-state index contributed by atoms with van der Waals surface area (Å²) in [7, 11) is -3.10. The van der Waals surface area contributed by atoms with E-state index in [2.05, 4.69) is 0 Å². The lowest BCUT2D eigenvalue weighted by atomic mass is 10.2. The highest BCUT2D eigenvalue weighted by Crippen LogP contribution is 2.27. The normalized spacial score (nSPS) is 24.2. The average Bonchev–Trinajstić information content (AvgIpc) is 3.12. The average molecular weight is 318 g/mol. The van der Waals surface area contributed by atoms with Crippen LogP contribution in [0.5, 0.6) is 0 Å². The molecule has 1 aliphatic carbocycles. The van der Waals surface area contributed by atoms with Gasteiger partial charge in [0.15, 0.2) is 9.84 Å². The molecular weight excluding hydrogens is 296 g/mol. The van der Waals surface area contributed by atoms with Gasteiger partial charge in [0.25, 0.3) is 0 Å². The number of sulfone groups is 1. The second-order valence-corrected chi connectivity index (χ2v) is 8.00. The van der Waals surface area contributed by atoms with Crippen LogP contribution in [0.2, 0.25) is 0 Å². The van der Waals surface area contributed by atoms with Crippen molar-refractivity contribution < 1.29 is 23.1 Å². The Bertz CT molecular complexity index is 515. The van der Waals surface area contributed by atoms with E-state index in [0.29, 0.717) is 13.0 Å². The molecule has 1 unspecified atom stereocenters. The van der Waals surface area contributed by atoms with Crippen LogP contribution in [0.1, 0.15) is 26.2 Å². The van der Waals surface area contributed by atoms with Crippen molar-refractivity contribution in [1.29, 1.82) is 0 Å². The zero-order valence-corrected chi connectivity index (χ0v) is 13.0. The van der Waals surface area contributed by atoms with Gasteiger partial charge in [-0.05, 0) is 26.2 Å². The molecule has 2 rings (SSSR count). The molecule has 21 heavy (non-hydrogen) atoms. The summed E-state index contributed by atoms with van der Waals surface area (Å²) < 4.78 is 23.1. The van der Waals surface area contributed by atoms with Gasteiger partial charge in [0.2, 0.25) is 5.91 Å². The maximum atomic E-state index is 12.3. The molecule has 1 amide bonds. The number of aliphatic carboxylic acids is 1. The Morgan fingerprint density at radius 3 is 2.24 bits per heavy atom. The van der Waals surface area contributed by atoms with Crippen LogP contribution in [-0.4, -0.2) is 78.4 Å². The van der Waals surface area contributed by atoms with Gasteiger partial charge in [-0.2, -0.15) is 0 Å². The summed E-state index contributed by atoms with van der Waals surface area (Å²) in [5, 5.41) is 8.99. The third-order valence-electron chi connectivity index (χ3n) is 4.05. The van der Waals surface area contributed by atoms with E-state index in [1.54, 1.807) is 4.90 Å². The molecular formula is C13H22N2O5S. The molecule has 0 radical (unpaired) electrons. The minimum absolute atomic E-state index is 0.0170. The van der Waals surface area contributed by atoms with Crippen molar-refractivity contribution in [2.24, 2.45) is 0 Å². The summed E-state index contributed by atoms with van der Waals surface area (Å²) in [6.07, 6.45) is 2.39. The molecule has 1 saturated carbocycles. The van der Waals surface area contributed by atoms with E-state index in [1.807, 2.05) is 6.92 Å². The fourth-order valence-corrected chi connectivity index (χ4v) is 4.60. The Labute approximate surface area is 124 Å². The molecule has 0 bridgehead atoms. The molecule has 0 aromatic heterocycles. The number of rotatable bonds is 7. The summed E-state index contributed by atoms with van der Waals surface area (Å²) in [6, 6.07) is -0.0885. The van der Waals surface area contributed by atoms with Crippen molar-refractivity contribution in [3.63, 3.8) is 0 Å². The van der Waals surface area contributed by atoms with E-state index in [0.717, 1.165) is 12.8 Å². The number of amides is 1. The first kappa shape index (κ1) is 16.2. The second-order valence-electron chi connectivity index (χ2n) is 5.77.